The minimum Gasteiger partial charge on any atom is -0.458 e. The molecule has 90 valence electrons. The Balaban J connectivity index is 2.62. The van der Waals surface area contributed by atoms with Crippen LogP contribution >= 0.6 is 0 Å². The molecule has 3 nitrogen and oxygen atoms in total. The fraction of sp³-hybridized carbons (Fsp3) is 0.357. The first kappa shape index (κ1) is 11.7. The zero-order valence-electron chi connectivity index (χ0n) is 10.4. The first-order chi connectivity index (χ1) is 7.95. The molecule has 2 N–H and O–H groups in total. The van der Waals surface area contributed by atoms with Gasteiger partial charge in [-0.15, -0.1) is 0 Å². The predicted octanol–water partition coefficient (Wildman–Crippen LogP) is 3.34. The topological polar surface area (TPSA) is 56.2 Å². The van der Waals surface area contributed by atoms with Gasteiger partial charge in [0.05, 0.1) is 11.6 Å². The monoisotopic (exact) mass is 231 g/mol. The third-order valence-electron chi connectivity index (χ3n) is 3.01. The molecule has 0 aliphatic carbocycles. The van der Waals surface area contributed by atoms with Crippen LogP contribution in [0.3, 0.4) is 0 Å². The Morgan fingerprint density at radius 3 is 2.47 bits per heavy atom. The van der Waals surface area contributed by atoms with E-state index in [0.29, 0.717) is 11.4 Å². The van der Waals surface area contributed by atoms with E-state index in [1.807, 2.05) is 45.0 Å². The van der Waals surface area contributed by atoms with Crippen molar-refractivity contribution in [2.75, 3.05) is 5.73 Å². The number of carbonyl (C=O) groups excluding carboxylic acids is 1. The summed E-state index contributed by atoms with van der Waals surface area (Å²) in [6, 6.07) is 7.56. The summed E-state index contributed by atoms with van der Waals surface area (Å²) in [6.07, 6.45) is 0.911. The SMILES string of the molecule is CC(C)(C)[C@H](C=O)c1oc2ccccc2c1N. The molecule has 1 aromatic carbocycles. The van der Waals surface area contributed by atoms with Crippen LogP contribution in [0.5, 0.6) is 0 Å². The van der Waals surface area contributed by atoms with E-state index in [-0.39, 0.29) is 11.3 Å². The summed E-state index contributed by atoms with van der Waals surface area (Å²) in [5, 5.41) is 0.874. The highest BCUT2D eigenvalue weighted by Crippen LogP contribution is 2.40. The second kappa shape index (κ2) is 3.91. The number of furan rings is 1. The molecule has 0 amide bonds. The second-order valence-electron chi connectivity index (χ2n) is 5.36. The van der Waals surface area contributed by atoms with E-state index in [4.69, 9.17) is 10.2 Å². The van der Waals surface area contributed by atoms with E-state index in [9.17, 15) is 4.79 Å². The number of rotatable bonds is 2. The molecule has 0 spiro atoms. The van der Waals surface area contributed by atoms with Crippen molar-refractivity contribution in [3.05, 3.63) is 30.0 Å². The van der Waals surface area contributed by atoms with E-state index >= 15 is 0 Å². The summed E-state index contributed by atoms with van der Waals surface area (Å²) >= 11 is 0. The number of carbonyl (C=O) groups is 1. The summed E-state index contributed by atoms with van der Waals surface area (Å²) in [7, 11) is 0. The summed E-state index contributed by atoms with van der Waals surface area (Å²) in [6.45, 7) is 6.00. The van der Waals surface area contributed by atoms with Crippen molar-refractivity contribution >= 4 is 22.9 Å². The molecule has 0 radical (unpaired) electrons. The Morgan fingerprint density at radius 1 is 1.29 bits per heavy atom. The molecule has 0 unspecified atom stereocenters. The normalized spacial score (nSPS) is 13.8. The lowest BCUT2D eigenvalue weighted by Gasteiger charge is -2.24. The van der Waals surface area contributed by atoms with Gasteiger partial charge in [0.1, 0.15) is 17.6 Å². The van der Waals surface area contributed by atoms with Gasteiger partial charge in [-0.25, -0.2) is 0 Å². The van der Waals surface area contributed by atoms with Gasteiger partial charge in [-0.2, -0.15) is 0 Å². The van der Waals surface area contributed by atoms with Crippen LogP contribution in [0, 0.1) is 5.41 Å². The molecule has 17 heavy (non-hydrogen) atoms. The van der Waals surface area contributed by atoms with Crippen LogP contribution in [0.1, 0.15) is 32.4 Å². The van der Waals surface area contributed by atoms with Crippen molar-refractivity contribution in [2.45, 2.75) is 26.7 Å². The van der Waals surface area contributed by atoms with E-state index < -0.39 is 0 Å². The quantitative estimate of drug-likeness (QED) is 0.806. The summed E-state index contributed by atoms with van der Waals surface area (Å²) < 4.78 is 5.72. The minimum atomic E-state index is -0.324. The van der Waals surface area contributed by atoms with E-state index in [0.717, 1.165) is 17.3 Å². The molecule has 1 heterocycles. The van der Waals surface area contributed by atoms with Gasteiger partial charge < -0.3 is 14.9 Å². The second-order valence-corrected chi connectivity index (χ2v) is 5.36. The van der Waals surface area contributed by atoms with Crippen LogP contribution in [0.25, 0.3) is 11.0 Å². The predicted molar refractivity (Wildman–Crippen MR) is 68.9 cm³/mol. The maximum Gasteiger partial charge on any atom is 0.138 e. The molecule has 0 saturated carbocycles. The van der Waals surface area contributed by atoms with Crippen molar-refractivity contribution in [2.24, 2.45) is 5.41 Å². The lowest BCUT2D eigenvalue weighted by Crippen LogP contribution is -2.20. The van der Waals surface area contributed by atoms with Crippen LogP contribution in [0.2, 0.25) is 0 Å². The van der Waals surface area contributed by atoms with Gasteiger partial charge in [0.25, 0.3) is 0 Å². The average molecular weight is 231 g/mol. The van der Waals surface area contributed by atoms with Crippen molar-refractivity contribution in [3.63, 3.8) is 0 Å². The van der Waals surface area contributed by atoms with E-state index in [2.05, 4.69) is 0 Å². The number of aldehydes is 1. The molecule has 3 heteroatoms. The van der Waals surface area contributed by atoms with Gasteiger partial charge in [-0.05, 0) is 17.5 Å². The molecular weight excluding hydrogens is 214 g/mol. The van der Waals surface area contributed by atoms with Gasteiger partial charge in [-0.1, -0.05) is 32.9 Å². The zero-order chi connectivity index (χ0) is 12.6. The Hall–Kier alpha value is -1.77. The molecule has 1 atom stereocenters. The first-order valence-electron chi connectivity index (χ1n) is 5.67. The number of hydrogen-bond acceptors (Lipinski definition) is 3. The van der Waals surface area contributed by atoms with Gasteiger partial charge in [0, 0.05) is 5.39 Å². The fourth-order valence-corrected chi connectivity index (χ4v) is 1.97. The van der Waals surface area contributed by atoms with Crippen LogP contribution in [0.15, 0.2) is 28.7 Å². The number of nitrogens with two attached hydrogens (primary N) is 1. The van der Waals surface area contributed by atoms with Gasteiger partial charge >= 0.3 is 0 Å². The maximum absolute atomic E-state index is 11.3. The molecular formula is C14H17NO2. The molecule has 1 aromatic heterocycles. The number of anilines is 1. The highest BCUT2D eigenvalue weighted by molar-refractivity contribution is 5.92. The molecule has 0 bridgehead atoms. The lowest BCUT2D eigenvalue weighted by molar-refractivity contribution is -0.111. The Kier molecular flexibility index (Phi) is 2.69. The smallest absolute Gasteiger partial charge is 0.138 e. The summed E-state index contributed by atoms with van der Waals surface area (Å²) in [4.78, 5) is 11.3. The Morgan fingerprint density at radius 2 is 1.94 bits per heavy atom. The van der Waals surface area contributed by atoms with Crippen LogP contribution in [0.4, 0.5) is 5.69 Å². The van der Waals surface area contributed by atoms with Crippen molar-refractivity contribution in [3.8, 4) is 0 Å². The molecule has 0 saturated heterocycles. The third kappa shape index (κ3) is 1.93. The molecule has 0 aliphatic rings. The molecule has 0 fully saturated rings. The van der Waals surface area contributed by atoms with Crippen molar-refractivity contribution in [1.82, 2.24) is 0 Å². The number of benzene rings is 1. The average Bonchev–Trinajstić information content (AvgIpc) is 2.56. The molecule has 0 aliphatic heterocycles. The maximum atomic E-state index is 11.3. The van der Waals surface area contributed by atoms with Crippen LogP contribution < -0.4 is 5.73 Å². The highest BCUT2D eigenvalue weighted by atomic mass is 16.3. The zero-order valence-corrected chi connectivity index (χ0v) is 10.4. The summed E-state index contributed by atoms with van der Waals surface area (Å²) in [5.41, 5.74) is 7.16. The fourth-order valence-electron chi connectivity index (χ4n) is 1.97. The van der Waals surface area contributed by atoms with E-state index in [1.54, 1.807) is 0 Å². The van der Waals surface area contributed by atoms with Crippen molar-refractivity contribution in [1.29, 1.82) is 0 Å². The van der Waals surface area contributed by atoms with Crippen LogP contribution in [-0.2, 0) is 4.79 Å². The molecule has 2 aromatic rings. The van der Waals surface area contributed by atoms with Crippen LogP contribution in [-0.4, -0.2) is 6.29 Å². The lowest BCUT2D eigenvalue weighted by atomic mass is 9.80. The largest absolute Gasteiger partial charge is 0.458 e. The minimum absolute atomic E-state index is 0.205. The highest BCUT2D eigenvalue weighted by Gasteiger charge is 2.31. The first-order valence-corrected chi connectivity index (χ1v) is 5.67. The molecule has 2 rings (SSSR count). The number of nitrogen functional groups attached to an aromatic ring is 1. The standard InChI is InChI=1S/C14H17NO2/c1-14(2,3)10(8-16)13-12(15)9-6-4-5-7-11(9)17-13/h4-8,10H,15H2,1-3H3/t10-/m1/s1. The van der Waals surface area contributed by atoms with Gasteiger partial charge in [-0.3, -0.25) is 0 Å². The van der Waals surface area contributed by atoms with E-state index in [1.165, 1.54) is 0 Å². The summed E-state index contributed by atoms with van der Waals surface area (Å²) in [5.74, 6) is 0.253. The Labute approximate surface area is 101 Å². The number of para-hydroxylation sites is 1. The number of hydrogen-bond donors (Lipinski definition) is 1. The van der Waals surface area contributed by atoms with Gasteiger partial charge in [0.2, 0.25) is 0 Å². The number of fused-ring (bicyclic) bond motifs is 1. The third-order valence-corrected chi connectivity index (χ3v) is 3.01. The van der Waals surface area contributed by atoms with Crippen molar-refractivity contribution < 1.29 is 9.21 Å². The Bertz CT molecular complexity index is 549. The van der Waals surface area contributed by atoms with Gasteiger partial charge in [0.15, 0.2) is 0 Å².